The molecule has 6 rings (SSSR count). The Bertz CT molecular complexity index is 1640. The summed E-state index contributed by atoms with van der Waals surface area (Å²) in [5.74, 6) is -0.305. The predicted octanol–water partition coefficient (Wildman–Crippen LogP) is 6.17. The molecule has 7 nitrogen and oxygen atoms in total. The molecule has 7 heteroatoms. The summed E-state index contributed by atoms with van der Waals surface area (Å²) < 4.78 is 0. The second-order valence-electron chi connectivity index (χ2n) is 11.4. The highest BCUT2D eigenvalue weighted by Crippen LogP contribution is 2.40. The van der Waals surface area contributed by atoms with Crippen molar-refractivity contribution in [1.29, 1.82) is 0 Å². The zero-order valence-electron chi connectivity index (χ0n) is 23.6. The standard InChI is InChI=1S/C35H36N4O3/c36-21-23-7-6-8-24(17-23)22-37-34(41)28-15-16-31-30(19-28)38-33(40)20-32(26-10-2-1-3-11-26)39(31)35(42)29-14-13-25-9-4-5-12-27(25)18-29/h4-9,12-19,26,32H,1-3,10-11,20-22,36H2,(H,37,41)(H,38,40). The minimum absolute atomic E-state index is 0.133. The Hall–Kier alpha value is -4.49. The van der Waals surface area contributed by atoms with Gasteiger partial charge < -0.3 is 21.3 Å². The summed E-state index contributed by atoms with van der Waals surface area (Å²) in [6.07, 6.45) is 5.57. The van der Waals surface area contributed by atoms with E-state index in [2.05, 4.69) is 10.6 Å². The second kappa shape index (κ2) is 12.2. The lowest BCUT2D eigenvalue weighted by atomic mass is 9.81. The van der Waals surface area contributed by atoms with Gasteiger partial charge in [-0.05, 0) is 71.0 Å². The van der Waals surface area contributed by atoms with Crippen molar-refractivity contribution in [2.75, 3.05) is 10.2 Å². The van der Waals surface area contributed by atoms with Crippen molar-refractivity contribution in [3.05, 3.63) is 107 Å². The molecule has 42 heavy (non-hydrogen) atoms. The average molecular weight is 561 g/mol. The summed E-state index contributed by atoms with van der Waals surface area (Å²) in [4.78, 5) is 42.6. The summed E-state index contributed by atoms with van der Waals surface area (Å²) in [6, 6.07) is 26.5. The van der Waals surface area contributed by atoms with Crippen LogP contribution in [0, 0.1) is 5.92 Å². The number of carbonyl (C=O) groups is 3. The maximum Gasteiger partial charge on any atom is 0.258 e. The monoisotopic (exact) mass is 560 g/mol. The Morgan fingerprint density at radius 2 is 1.60 bits per heavy atom. The number of hydrogen-bond acceptors (Lipinski definition) is 4. The maximum atomic E-state index is 14.3. The van der Waals surface area contributed by atoms with Crippen molar-refractivity contribution in [2.45, 2.75) is 57.7 Å². The van der Waals surface area contributed by atoms with E-state index in [1.165, 1.54) is 6.42 Å². The summed E-state index contributed by atoms with van der Waals surface area (Å²) in [7, 11) is 0. The SMILES string of the molecule is NCc1cccc(CNC(=O)c2ccc3c(c2)NC(=O)CC(C2CCCCC2)N3C(=O)c2ccc3ccccc3c2)c1. The van der Waals surface area contributed by atoms with E-state index in [1.807, 2.05) is 71.6 Å². The molecule has 1 unspecified atom stereocenters. The van der Waals surface area contributed by atoms with Gasteiger partial charge in [-0.3, -0.25) is 14.4 Å². The zero-order chi connectivity index (χ0) is 29.1. The Morgan fingerprint density at radius 1 is 0.833 bits per heavy atom. The van der Waals surface area contributed by atoms with Gasteiger partial charge in [-0.1, -0.05) is 73.9 Å². The van der Waals surface area contributed by atoms with Gasteiger partial charge >= 0.3 is 0 Å². The Morgan fingerprint density at radius 3 is 2.40 bits per heavy atom. The molecule has 1 heterocycles. The molecule has 4 aromatic carbocycles. The van der Waals surface area contributed by atoms with Crippen LogP contribution >= 0.6 is 0 Å². The van der Waals surface area contributed by atoms with E-state index < -0.39 is 0 Å². The molecule has 1 fully saturated rings. The van der Waals surface area contributed by atoms with Gasteiger partial charge in [-0.25, -0.2) is 0 Å². The van der Waals surface area contributed by atoms with Gasteiger partial charge in [0.05, 0.1) is 11.4 Å². The maximum absolute atomic E-state index is 14.3. The minimum atomic E-state index is -0.264. The van der Waals surface area contributed by atoms with Crippen LogP contribution in [0.4, 0.5) is 11.4 Å². The highest BCUT2D eigenvalue weighted by Gasteiger charge is 2.38. The lowest BCUT2D eigenvalue weighted by Gasteiger charge is -2.37. The first-order valence-corrected chi connectivity index (χ1v) is 14.8. The number of anilines is 2. The largest absolute Gasteiger partial charge is 0.348 e. The number of fused-ring (bicyclic) bond motifs is 2. The number of nitrogens with zero attached hydrogens (tertiary/aromatic N) is 1. The smallest absolute Gasteiger partial charge is 0.258 e. The van der Waals surface area contributed by atoms with Crippen molar-refractivity contribution in [2.24, 2.45) is 11.7 Å². The molecular weight excluding hydrogens is 524 g/mol. The molecule has 1 aliphatic heterocycles. The van der Waals surface area contributed by atoms with Crippen LogP contribution in [0.15, 0.2) is 84.9 Å². The fourth-order valence-corrected chi connectivity index (χ4v) is 6.42. The predicted molar refractivity (Wildman–Crippen MR) is 166 cm³/mol. The number of benzene rings is 4. The third kappa shape index (κ3) is 5.78. The molecule has 3 amide bonds. The Kier molecular flexibility index (Phi) is 8.02. The molecule has 0 saturated heterocycles. The van der Waals surface area contributed by atoms with E-state index in [1.54, 1.807) is 18.2 Å². The molecule has 4 N–H and O–H groups in total. The van der Waals surface area contributed by atoms with Crippen LogP contribution < -0.4 is 21.3 Å². The Labute approximate surface area is 246 Å². The molecular formula is C35H36N4O3. The highest BCUT2D eigenvalue weighted by molar-refractivity contribution is 6.13. The quantitative estimate of drug-likeness (QED) is 0.262. The summed E-state index contributed by atoms with van der Waals surface area (Å²) in [5, 5.41) is 8.04. The van der Waals surface area contributed by atoms with Gasteiger partial charge in [0.25, 0.3) is 11.8 Å². The summed E-state index contributed by atoms with van der Waals surface area (Å²) in [6.45, 7) is 0.787. The number of nitrogens with one attached hydrogen (secondary N) is 2. The van der Waals surface area contributed by atoms with E-state index in [9.17, 15) is 14.4 Å². The third-order valence-corrected chi connectivity index (χ3v) is 8.61. The van der Waals surface area contributed by atoms with Gasteiger partial charge in [0.15, 0.2) is 0 Å². The molecule has 214 valence electrons. The first-order chi connectivity index (χ1) is 20.5. The summed E-state index contributed by atoms with van der Waals surface area (Å²) >= 11 is 0. The fourth-order valence-electron chi connectivity index (χ4n) is 6.42. The van der Waals surface area contributed by atoms with Crippen LogP contribution in [0.25, 0.3) is 10.8 Å². The van der Waals surface area contributed by atoms with Crippen molar-refractivity contribution < 1.29 is 14.4 Å². The number of hydrogen-bond donors (Lipinski definition) is 3. The van der Waals surface area contributed by atoms with Gasteiger partial charge in [-0.15, -0.1) is 0 Å². The fraction of sp³-hybridized carbons (Fsp3) is 0.286. The summed E-state index contributed by atoms with van der Waals surface area (Å²) in [5.41, 5.74) is 9.81. The number of rotatable bonds is 6. The lowest BCUT2D eigenvalue weighted by molar-refractivity contribution is -0.116. The molecule has 0 bridgehead atoms. The highest BCUT2D eigenvalue weighted by atomic mass is 16.2. The first kappa shape index (κ1) is 27.7. The molecule has 0 radical (unpaired) electrons. The average Bonchev–Trinajstić information content (AvgIpc) is 3.18. The molecule has 1 saturated carbocycles. The van der Waals surface area contributed by atoms with Crippen LogP contribution in [0.2, 0.25) is 0 Å². The van der Waals surface area contributed by atoms with Crippen LogP contribution in [-0.2, 0) is 17.9 Å². The minimum Gasteiger partial charge on any atom is -0.348 e. The van der Waals surface area contributed by atoms with Crippen LogP contribution in [0.1, 0.15) is 70.4 Å². The van der Waals surface area contributed by atoms with Gasteiger partial charge in [0, 0.05) is 36.7 Å². The zero-order valence-corrected chi connectivity index (χ0v) is 23.6. The molecule has 1 atom stereocenters. The molecule has 1 aliphatic carbocycles. The number of amides is 3. The van der Waals surface area contributed by atoms with E-state index in [4.69, 9.17) is 5.73 Å². The normalized spacial score (nSPS) is 17.3. The number of carbonyl (C=O) groups excluding carboxylic acids is 3. The van der Waals surface area contributed by atoms with E-state index in [-0.39, 0.29) is 36.1 Å². The lowest BCUT2D eigenvalue weighted by Crippen LogP contribution is -2.46. The molecule has 0 spiro atoms. The van der Waals surface area contributed by atoms with Gasteiger partial charge in [0.2, 0.25) is 5.91 Å². The van der Waals surface area contributed by atoms with Crippen molar-refractivity contribution in [3.63, 3.8) is 0 Å². The van der Waals surface area contributed by atoms with Crippen LogP contribution in [-0.4, -0.2) is 23.8 Å². The van der Waals surface area contributed by atoms with E-state index >= 15 is 0 Å². The molecule has 4 aromatic rings. The second-order valence-corrected chi connectivity index (χ2v) is 11.4. The topological polar surface area (TPSA) is 105 Å². The molecule has 2 aliphatic rings. The van der Waals surface area contributed by atoms with Crippen molar-refractivity contribution >= 4 is 39.9 Å². The van der Waals surface area contributed by atoms with Crippen LogP contribution in [0.3, 0.4) is 0 Å². The third-order valence-electron chi connectivity index (χ3n) is 8.61. The van der Waals surface area contributed by atoms with Gasteiger partial charge in [0.1, 0.15) is 0 Å². The van der Waals surface area contributed by atoms with Crippen LogP contribution in [0.5, 0.6) is 0 Å². The van der Waals surface area contributed by atoms with E-state index in [0.29, 0.717) is 35.6 Å². The van der Waals surface area contributed by atoms with Gasteiger partial charge in [-0.2, -0.15) is 0 Å². The first-order valence-electron chi connectivity index (χ1n) is 14.8. The Balaban J connectivity index is 1.34. The van der Waals surface area contributed by atoms with E-state index in [0.717, 1.165) is 47.6 Å². The number of nitrogens with two attached hydrogens (primary N) is 1. The van der Waals surface area contributed by atoms with Crippen molar-refractivity contribution in [3.8, 4) is 0 Å². The molecule has 0 aromatic heterocycles. The van der Waals surface area contributed by atoms with Crippen molar-refractivity contribution in [1.82, 2.24) is 5.32 Å².